The van der Waals surface area contributed by atoms with Gasteiger partial charge in [0, 0.05) is 15.7 Å². The minimum atomic E-state index is -0.682. The fourth-order valence-corrected chi connectivity index (χ4v) is 2.03. The van der Waals surface area contributed by atoms with Gasteiger partial charge in [0.2, 0.25) is 5.91 Å². The van der Waals surface area contributed by atoms with Gasteiger partial charge < -0.3 is 15.8 Å². The number of ether oxygens (including phenoxy) is 1. The lowest BCUT2D eigenvalue weighted by molar-refractivity contribution is -0.122. The van der Waals surface area contributed by atoms with E-state index >= 15 is 0 Å². The number of amides is 2. The number of carbonyl (C=O) groups is 2. The Bertz CT molecular complexity index is 686. The quantitative estimate of drug-likeness (QED) is 0.857. The molecule has 0 radical (unpaired) electrons. The number of halogens is 1. The number of primary amides is 1. The molecule has 2 rings (SSSR count). The minimum absolute atomic E-state index is 0.315. The molecular formula is C16H15BrN2O3. The predicted octanol–water partition coefficient (Wildman–Crippen LogP) is 2.95. The van der Waals surface area contributed by atoms with Crippen LogP contribution in [0.25, 0.3) is 0 Å². The lowest BCUT2D eigenvalue weighted by Crippen LogP contribution is -2.30. The predicted molar refractivity (Wildman–Crippen MR) is 87.8 cm³/mol. The Morgan fingerprint density at radius 2 is 1.86 bits per heavy atom. The summed E-state index contributed by atoms with van der Waals surface area (Å²) in [5.41, 5.74) is 6.03. The number of carbonyl (C=O) groups excluding carboxylic acids is 2. The number of hydrogen-bond acceptors (Lipinski definition) is 3. The van der Waals surface area contributed by atoms with Gasteiger partial charge in [0.05, 0.1) is 0 Å². The fourth-order valence-electron chi connectivity index (χ4n) is 1.76. The van der Waals surface area contributed by atoms with E-state index in [2.05, 4.69) is 21.2 Å². The van der Waals surface area contributed by atoms with Gasteiger partial charge in [-0.2, -0.15) is 0 Å². The standard InChI is InChI=1S/C16H15BrN2O3/c1-10(22-14-7-5-12(17)6-8-14)16(21)19-13-4-2-3-11(9-13)15(18)20/h2-10H,1H3,(H2,18,20)(H,19,21)/t10-/m0/s1. The Hall–Kier alpha value is -2.34. The van der Waals surface area contributed by atoms with Gasteiger partial charge in [-0.05, 0) is 49.4 Å². The molecule has 2 aromatic rings. The van der Waals surface area contributed by atoms with E-state index < -0.39 is 12.0 Å². The zero-order chi connectivity index (χ0) is 16.1. The topological polar surface area (TPSA) is 81.4 Å². The third-order valence-electron chi connectivity index (χ3n) is 2.91. The van der Waals surface area contributed by atoms with E-state index in [-0.39, 0.29) is 5.91 Å². The molecule has 1 atom stereocenters. The van der Waals surface area contributed by atoms with Crippen molar-refractivity contribution in [2.24, 2.45) is 5.73 Å². The summed E-state index contributed by atoms with van der Waals surface area (Å²) in [5.74, 6) is -0.267. The van der Waals surface area contributed by atoms with Crippen molar-refractivity contribution < 1.29 is 14.3 Å². The molecule has 2 aromatic carbocycles. The number of nitrogens with two attached hydrogens (primary N) is 1. The average molecular weight is 363 g/mol. The molecule has 2 amide bonds. The summed E-state index contributed by atoms with van der Waals surface area (Å²) in [6.45, 7) is 1.65. The highest BCUT2D eigenvalue weighted by Gasteiger charge is 2.15. The summed E-state index contributed by atoms with van der Waals surface area (Å²) < 4.78 is 6.49. The molecule has 0 aromatic heterocycles. The van der Waals surface area contributed by atoms with Crippen molar-refractivity contribution in [3.05, 3.63) is 58.6 Å². The maximum atomic E-state index is 12.1. The van der Waals surface area contributed by atoms with Crippen LogP contribution in [0.3, 0.4) is 0 Å². The maximum Gasteiger partial charge on any atom is 0.265 e. The van der Waals surface area contributed by atoms with Gasteiger partial charge in [-0.1, -0.05) is 22.0 Å². The molecule has 0 saturated heterocycles. The molecule has 6 heteroatoms. The third-order valence-corrected chi connectivity index (χ3v) is 3.44. The highest BCUT2D eigenvalue weighted by molar-refractivity contribution is 9.10. The molecule has 0 bridgehead atoms. The number of rotatable bonds is 5. The molecule has 22 heavy (non-hydrogen) atoms. The molecule has 114 valence electrons. The van der Waals surface area contributed by atoms with Crippen LogP contribution in [-0.4, -0.2) is 17.9 Å². The van der Waals surface area contributed by atoms with Crippen LogP contribution in [-0.2, 0) is 4.79 Å². The summed E-state index contributed by atoms with van der Waals surface area (Å²) in [6, 6.07) is 13.6. The van der Waals surface area contributed by atoms with Crippen LogP contribution in [0.4, 0.5) is 5.69 Å². The third kappa shape index (κ3) is 4.33. The zero-order valence-corrected chi connectivity index (χ0v) is 13.5. The number of hydrogen-bond donors (Lipinski definition) is 2. The van der Waals surface area contributed by atoms with E-state index in [1.54, 1.807) is 37.3 Å². The summed E-state index contributed by atoms with van der Waals surface area (Å²) >= 11 is 3.33. The molecule has 0 spiro atoms. The summed E-state index contributed by atoms with van der Waals surface area (Å²) in [7, 11) is 0. The summed E-state index contributed by atoms with van der Waals surface area (Å²) in [5, 5.41) is 2.69. The molecule has 0 aliphatic heterocycles. The second-order valence-corrected chi connectivity index (χ2v) is 5.56. The fraction of sp³-hybridized carbons (Fsp3) is 0.125. The number of anilines is 1. The van der Waals surface area contributed by atoms with Gasteiger partial charge >= 0.3 is 0 Å². The van der Waals surface area contributed by atoms with Crippen LogP contribution in [0.15, 0.2) is 53.0 Å². The molecule has 0 aliphatic rings. The van der Waals surface area contributed by atoms with Crippen LogP contribution in [0, 0.1) is 0 Å². The molecule has 0 aliphatic carbocycles. The first-order chi connectivity index (χ1) is 10.5. The van der Waals surface area contributed by atoms with Gasteiger partial charge in [0.15, 0.2) is 6.10 Å². The Labute approximate surface area is 136 Å². The molecule has 0 heterocycles. The minimum Gasteiger partial charge on any atom is -0.481 e. The molecule has 0 fully saturated rings. The number of nitrogens with one attached hydrogen (secondary N) is 1. The van der Waals surface area contributed by atoms with Crippen LogP contribution in [0.5, 0.6) is 5.75 Å². The van der Waals surface area contributed by atoms with Gasteiger partial charge in [-0.3, -0.25) is 9.59 Å². The Balaban J connectivity index is 2.00. The smallest absolute Gasteiger partial charge is 0.265 e. The summed E-state index contributed by atoms with van der Waals surface area (Å²) in [4.78, 5) is 23.2. The van der Waals surface area contributed by atoms with E-state index in [1.165, 1.54) is 6.07 Å². The van der Waals surface area contributed by atoms with Crippen LogP contribution >= 0.6 is 15.9 Å². The van der Waals surface area contributed by atoms with Crippen LogP contribution in [0.1, 0.15) is 17.3 Å². The van der Waals surface area contributed by atoms with Crippen molar-refractivity contribution in [1.29, 1.82) is 0 Å². The van der Waals surface area contributed by atoms with Gasteiger partial charge in [-0.15, -0.1) is 0 Å². The summed E-state index contributed by atoms with van der Waals surface area (Å²) in [6.07, 6.45) is -0.682. The van der Waals surface area contributed by atoms with Gasteiger partial charge in [0.25, 0.3) is 5.91 Å². The Morgan fingerprint density at radius 3 is 2.50 bits per heavy atom. The normalized spacial score (nSPS) is 11.5. The van der Waals surface area contributed by atoms with E-state index in [0.717, 1.165) is 4.47 Å². The van der Waals surface area contributed by atoms with E-state index in [0.29, 0.717) is 17.0 Å². The van der Waals surface area contributed by atoms with Gasteiger partial charge in [0.1, 0.15) is 5.75 Å². The second-order valence-electron chi connectivity index (χ2n) is 4.65. The molecule has 3 N–H and O–H groups in total. The van der Waals surface area contributed by atoms with Crippen molar-refractivity contribution in [2.45, 2.75) is 13.0 Å². The van der Waals surface area contributed by atoms with Crippen molar-refractivity contribution in [1.82, 2.24) is 0 Å². The maximum absolute atomic E-state index is 12.1. The zero-order valence-electron chi connectivity index (χ0n) is 11.9. The molecule has 5 nitrogen and oxygen atoms in total. The molecule has 0 unspecified atom stereocenters. The monoisotopic (exact) mass is 362 g/mol. The first-order valence-electron chi connectivity index (χ1n) is 6.58. The lowest BCUT2D eigenvalue weighted by atomic mass is 10.2. The van der Waals surface area contributed by atoms with Crippen molar-refractivity contribution in [3.8, 4) is 5.75 Å². The van der Waals surface area contributed by atoms with E-state index in [9.17, 15) is 9.59 Å². The van der Waals surface area contributed by atoms with Gasteiger partial charge in [-0.25, -0.2) is 0 Å². The Morgan fingerprint density at radius 1 is 1.18 bits per heavy atom. The largest absolute Gasteiger partial charge is 0.481 e. The van der Waals surface area contributed by atoms with Crippen LogP contribution < -0.4 is 15.8 Å². The van der Waals surface area contributed by atoms with Crippen molar-refractivity contribution in [2.75, 3.05) is 5.32 Å². The van der Waals surface area contributed by atoms with Crippen molar-refractivity contribution in [3.63, 3.8) is 0 Å². The SMILES string of the molecule is C[C@H](Oc1ccc(Br)cc1)C(=O)Nc1cccc(C(N)=O)c1. The van der Waals surface area contributed by atoms with Crippen molar-refractivity contribution >= 4 is 33.4 Å². The van der Waals surface area contributed by atoms with Crippen LogP contribution in [0.2, 0.25) is 0 Å². The first-order valence-corrected chi connectivity index (χ1v) is 7.38. The second kappa shape index (κ2) is 7.09. The molecular weight excluding hydrogens is 348 g/mol. The Kier molecular flexibility index (Phi) is 5.16. The lowest BCUT2D eigenvalue weighted by Gasteiger charge is -2.15. The van der Waals surface area contributed by atoms with E-state index in [4.69, 9.17) is 10.5 Å². The van der Waals surface area contributed by atoms with E-state index in [1.807, 2.05) is 12.1 Å². The average Bonchev–Trinajstić information content (AvgIpc) is 2.49. The number of benzene rings is 2. The highest BCUT2D eigenvalue weighted by atomic mass is 79.9. The molecule has 0 saturated carbocycles. The first kappa shape index (κ1) is 16.0. The highest BCUT2D eigenvalue weighted by Crippen LogP contribution is 2.18.